The van der Waals surface area contributed by atoms with E-state index in [1.165, 1.54) is 17.9 Å². The van der Waals surface area contributed by atoms with Gasteiger partial charge in [-0.05, 0) is 24.3 Å². The van der Waals surface area contributed by atoms with Crippen molar-refractivity contribution in [3.8, 4) is 5.75 Å². The van der Waals surface area contributed by atoms with Gasteiger partial charge < -0.3 is 19.7 Å². The van der Waals surface area contributed by atoms with E-state index in [0.29, 0.717) is 0 Å². The lowest BCUT2D eigenvalue weighted by atomic mass is 9.95. The Morgan fingerprint density at radius 2 is 1.93 bits per heavy atom. The van der Waals surface area contributed by atoms with E-state index in [0.717, 1.165) is 70.5 Å². The number of piperidine rings is 1. The van der Waals surface area contributed by atoms with Crippen LogP contribution >= 0.6 is 35.7 Å². The molecule has 3 aliphatic heterocycles. The molecule has 0 aliphatic carbocycles. The molecule has 1 aromatic rings. The number of ether oxygens (including phenoxy) is 2. The average molecular weight is 547 g/mol. The molecule has 168 valence electrons. The van der Waals surface area contributed by atoms with Gasteiger partial charge in [0.15, 0.2) is 5.96 Å². The molecule has 3 aliphatic rings. The molecule has 6 nitrogen and oxygen atoms in total. The quantitative estimate of drug-likeness (QED) is 0.349. The van der Waals surface area contributed by atoms with Gasteiger partial charge in [-0.15, -0.1) is 24.0 Å². The third-order valence-corrected chi connectivity index (χ3v) is 7.57. The molecule has 0 amide bonds. The summed E-state index contributed by atoms with van der Waals surface area (Å²) in [6, 6.07) is 10.2. The van der Waals surface area contributed by atoms with Gasteiger partial charge in [0.25, 0.3) is 0 Å². The number of likely N-dealkylation sites (tertiary alicyclic amines) is 1. The zero-order valence-electron chi connectivity index (χ0n) is 17.9. The van der Waals surface area contributed by atoms with Crippen molar-refractivity contribution < 1.29 is 9.47 Å². The summed E-state index contributed by atoms with van der Waals surface area (Å²) in [6.45, 7) is 6.73. The molecule has 0 radical (unpaired) electrons. The monoisotopic (exact) mass is 546 g/mol. The van der Waals surface area contributed by atoms with Crippen molar-refractivity contribution in [1.29, 1.82) is 0 Å². The molecule has 0 saturated carbocycles. The van der Waals surface area contributed by atoms with E-state index in [-0.39, 0.29) is 35.6 Å². The van der Waals surface area contributed by atoms with Crippen LogP contribution < -0.4 is 10.1 Å². The Morgan fingerprint density at radius 1 is 1.20 bits per heavy atom. The lowest BCUT2D eigenvalue weighted by molar-refractivity contribution is -0.0122. The summed E-state index contributed by atoms with van der Waals surface area (Å²) >= 11 is 2.08. The number of morpholine rings is 1. The Balaban J connectivity index is 0.00000256. The van der Waals surface area contributed by atoms with Gasteiger partial charge in [-0.3, -0.25) is 9.89 Å². The van der Waals surface area contributed by atoms with E-state index in [9.17, 15) is 0 Å². The highest BCUT2D eigenvalue weighted by Gasteiger charge is 2.41. The molecule has 3 heterocycles. The normalized spacial score (nSPS) is 26.3. The molecule has 4 rings (SSSR count). The van der Waals surface area contributed by atoms with Crippen molar-refractivity contribution >= 4 is 41.7 Å². The molecule has 0 spiro atoms. The molecular weight excluding hydrogens is 511 g/mol. The van der Waals surface area contributed by atoms with Crippen molar-refractivity contribution in [2.24, 2.45) is 4.99 Å². The van der Waals surface area contributed by atoms with Crippen molar-refractivity contribution in [3.05, 3.63) is 30.3 Å². The van der Waals surface area contributed by atoms with Crippen molar-refractivity contribution in [3.63, 3.8) is 0 Å². The minimum atomic E-state index is 0. The molecular formula is C22H35IN4O2S. The summed E-state index contributed by atoms with van der Waals surface area (Å²) in [5, 5.41) is 3.72. The molecule has 3 fully saturated rings. The Kier molecular flexibility index (Phi) is 9.40. The molecule has 30 heavy (non-hydrogen) atoms. The lowest BCUT2D eigenvalue weighted by Crippen LogP contribution is -2.60. The predicted octanol–water partition coefficient (Wildman–Crippen LogP) is 2.93. The SMILES string of the molecule is CN=C(NCC1(N2CCOCC2)CCSC1)N1CCC(Oc2ccccc2)CC1.I. The average Bonchev–Trinajstić information content (AvgIpc) is 3.27. The second-order valence-electron chi connectivity index (χ2n) is 8.14. The number of para-hydroxylation sites is 1. The van der Waals surface area contributed by atoms with E-state index >= 15 is 0 Å². The maximum atomic E-state index is 6.15. The van der Waals surface area contributed by atoms with E-state index in [1.54, 1.807) is 0 Å². The number of halogens is 1. The smallest absolute Gasteiger partial charge is 0.193 e. The van der Waals surface area contributed by atoms with Crippen LogP contribution in [-0.4, -0.2) is 91.9 Å². The fraction of sp³-hybridized carbons (Fsp3) is 0.682. The maximum absolute atomic E-state index is 6.15. The first-order valence-electron chi connectivity index (χ1n) is 10.9. The van der Waals surface area contributed by atoms with Crippen LogP contribution in [-0.2, 0) is 4.74 Å². The summed E-state index contributed by atoms with van der Waals surface area (Å²) < 4.78 is 11.7. The van der Waals surface area contributed by atoms with Crippen LogP contribution in [0.2, 0.25) is 0 Å². The Morgan fingerprint density at radius 3 is 2.57 bits per heavy atom. The van der Waals surface area contributed by atoms with Crippen LogP contribution in [0.15, 0.2) is 35.3 Å². The standard InChI is InChI=1S/C22H34N4O2S.HI/c1-23-21(24-17-22(9-16-29-18-22)26-12-14-27-15-13-26)25-10-7-20(8-11-25)28-19-5-3-2-4-6-19;/h2-6,20H,7-18H2,1H3,(H,23,24);1H. The highest BCUT2D eigenvalue weighted by atomic mass is 127. The summed E-state index contributed by atoms with van der Waals surface area (Å²) in [5.41, 5.74) is 0.235. The number of hydrogen-bond donors (Lipinski definition) is 1. The first-order valence-corrected chi connectivity index (χ1v) is 12.0. The van der Waals surface area contributed by atoms with Crippen molar-refractivity contribution in [2.75, 3.05) is 64.5 Å². The van der Waals surface area contributed by atoms with E-state index in [2.05, 4.69) is 31.9 Å². The number of rotatable bonds is 5. The zero-order valence-corrected chi connectivity index (χ0v) is 21.1. The largest absolute Gasteiger partial charge is 0.490 e. The van der Waals surface area contributed by atoms with Gasteiger partial charge in [-0.25, -0.2) is 0 Å². The highest BCUT2D eigenvalue weighted by molar-refractivity contribution is 14.0. The highest BCUT2D eigenvalue weighted by Crippen LogP contribution is 2.33. The molecule has 3 saturated heterocycles. The molecule has 0 bridgehead atoms. The summed E-state index contributed by atoms with van der Waals surface area (Å²) in [7, 11) is 1.90. The van der Waals surface area contributed by atoms with Gasteiger partial charge in [0.1, 0.15) is 11.9 Å². The van der Waals surface area contributed by atoms with Crippen LogP contribution in [0.1, 0.15) is 19.3 Å². The number of hydrogen-bond acceptors (Lipinski definition) is 5. The Hall–Kier alpha value is -0.710. The minimum Gasteiger partial charge on any atom is -0.490 e. The van der Waals surface area contributed by atoms with Gasteiger partial charge in [-0.2, -0.15) is 11.8 Å². The molecule has 1 atom stereocenters. The van der Waals surface area contributed by atoms with Crippen LogP contribution in [0.5, 0.6) is 5.75 Å². The van der Waals surface area contributed by atoms with E-state index < -0.39 is 0 Å². The van der Waals surface area contributed by atoms with Crippen LogP contribution in [0.4, 0.5) is 0 Å². The minimum absolute atomic E-state index is 0. The third-order valence-electron chi connectivity index (χ3n) is 6.34. The van der Waals surface area contributed by atoms with Gasteiger partial charge in [0.2, 0.25) is 0 Å². The van der Waals surface area contributed by atoms with Gasteiger partial charge in [-0.1, -0.05) is 18.2 Å². The molecule has 1 N–H and O–H groups in total. The summed E-state index contributed by atoms with van der Waals surface area (Å²) in [4.78, 5) is 9.64. The molecule has 8 heteroatoms. The first kappa shape index (κ1) is 23.9. The topological polar surface area (TPSA) is 49.3 Å². The second kappa shape index (κ2) is 11.8. The summed E-state index contributed by atoms with van der Waals surface area (Å²) in [6.07, 6.45) is 3.59. The van der Waals surface area contributed by atoms with Crippen molar-refractivity contribution in [2.45, 2.75) is 30.9 Å². The van der Waals surface area contributed by atoms with E-state index in [4.69, 9.17) is 9.47 Å². The molecule has 1 aromatic carbocycles. The van der Waals surface area contributed by atoms with Crippen LogP contribution in [0.3, 0.4) is 0 Å². The number of thioether (sulfide) groups is 1. The van der Waals surface area contributed by atoms with Crippen LogP contribution in [0, 0.1) is 0 Å². The van der Waals surface area contributed by atoms with E-state index in [1.807, 2.05) is 37.4 Å². The van der Waals surface area contributed by atoms with Gasteiger partial charge >= 0.3 is 0 Å². The zero-order chi connectivity index (χ0) is 19.9. The number of nitrogens with one attached hydrogen (secondary N) is 1. The van der Waals surface area contributed by atoms with Gasteiger partial charge in [0.05, 0.1) is 13.2 Å². The van der Waals surface area contributed by atoms with Crippen molar-refractivity contribution in [1.82, 2.24) is 15.1 Å². The van der Waals surface area contributed by atoms with Gasteiger partial charge in [0, 0.05) is 63.9 Å². The fourth-order valence-electron chi connectivity index (χ4n) is 4.59. The maximum Gasteiger partial charge on any atom is 0.193 e. The number of aliphatic imine (C=N–C) groups is 1. The predicted molar refractivity (Wildman–Crippen MR) is 136 cm³/mol. The Labute approximate surface area is 202 Å². The Bertz CT molecular complexity index is 658. The van der Waals surface area contributed by atoms with Crippen LogP contribution in [0.25, 0.3) is 0 Å². The summed E-state index contributed by atoms with van der Waals surface area (Å²) in [5.74, 6) is 4.46. The number of benzene rings is 1. The first-order chi connectivity index (χ1) is 14.3. The number of nitrogens with zero attached hydrogens (tertiary/aromatic N) is 3. The molecule has 1 unspecified atom stereocenters. The third kappa shape index (κ3) is 5.95. The second-order valence-corrected chi connectivity index (χ2v) is 9.25. The fourth-order valence-corrected chi connectivity index (χ4v) is 6.07. The lowest BCUT2D eigenvalue weighted by Gasteiger charge is -2.44. The number of guanidine groups is 1. The molecule has 0 aromatic heterocycles.